The molecule has 0 amide bonds. The minimum Gasteiger partial charge on any atom is -0.494 e. The Bertz CT molecular complexity index is 463. The molecule has 3 nitrogen and oxygen atoms in total. The molecule has 1 aromatic rings. The SMILES string of the molecule is CCCCCCOc1ccc2c(c1)C(=O)CC2=O. The van der Waals surface area contributed by atoms with Crippen LogP contribution in [0.5, 0.6) is 5.75 Å². The maximum atomic E-state index is 11.6. The Labute approximate surface area is 107 Å². The molecule has 1 aliphatic carbocycles. The van der Waals surface area contributed by atoms with Gasteiger partial charge in [0.15, 0.2) is 11.6 Å². The van der Waals surface area contributed by atoms with Crippen LogP contribution >= 0.6 is 0 Å². The van der Waals surface area contributed by atoms with Gasteiger partial charge >= 0.3 is 0 Å². The van der Waals surface area contributed by atoms with Gasteiger partial charge in [0.05, 0.1) is 13.0 Å². The zero-order valence-electron chi connectivity index (χ0n) is 10.7. The first-order valence-corrected chi connectivity index (χ1v) is 6.55. The van der Waals surface area contributed by atoms with Crippen LogP contribution in [0.1, 0.15) is 59.7 Å². The van der Waals surface area contributed by atoms with Gasteiger partial charge in [0.1, 0.15) is 5.75 Å². The Morgan fingerprint density at radius 1 is 1.06 bits per heavy atom. The highest BCUT2D eigenvalue weighted by Gasteiger charge is 2.27. The molecule has 1 aromatic carbocycles. The lowest BCUT2D eigenvalue weighted by atomic mass is 10.1. The number of ketones is 2. The Balaban J connectivity index is 1.93. The molecule has 0 radical (unpaired) electrons. The fourth-order valence-corrected chi connectivity index (χ4v) is 2.14. The van der Waals surface area contributed by atoms with Crippen molar-refractivity contribution in [1.29, 1.82) is 0 Å². The second-order valence-electron chi connectivity index (χ2n) is 4.64. The van der Waals surface area contributed by atoms with Crippen molar-refractivity contribution in [1.82, 2.24) is 0 Å². The molecule has 0 heterocycles. The van der Waals surface area contributed by atoms with Crippen LogP contribution in [0.15, 0.2) is 18.2 Å². The summed E-state index contributed by atoms with van der Waals surface area (Å²) in [5, 5.41) is 0. The van der Waals surface area contributed by atoms with Gasteiger partial charge in [-0.1, -0.05) is 26.2 Å². The molecule has 0 aliphatic heterocycles. The molecule has 0 saturated carbocycles. The lowest BCUT2D eigenvalue weighted by Gasteiger charge is -2.07. The number of fused-ring (bicyclic) bond motifs is 1. The van der Waals surface area contributed by atoms with Gasteiger partial charge < -0.3 is 4.74 Å². The molecule has 18 heavy (non-hydrogen) atoms. The standard InChI is InChI=1S/C15H18O3/c1-2-3-4-5-8-18-11-6-7-12-13(9-11)15(17)10-14(12)16/h6-7,9H,2-5,8,10H2,1H3. The lowest BCUT2D eigenvalue weighted by molar-refractivity contribution is 0.0923. The summed E-state index contributed by atoms with van der Waals surface area (Å²) in [6.07, 6.45) is 4.63. The van der Waals surface area contributed by atoms with Gasteiger partial charge in [0.2, 0.25) is 0 Å². The number of Topliss-reactive ketones (excluding diaryl/α,β-unsaturated/α-hetero) is 2. The Kier molecular flexibility index (Phi) is 4.13. The molecule has 0 fully saturated rings. The lowest BCUT2D eigenvalue weighted by Crippen LogP contribution is -1.99. The minimum atomic E-state index is -0.0913. The van der Waals surface area contributed by atoms with Crippen molar-refractivity contribution in [2.45, 2.75) is 39.0 Å². The summed E-state index contributed by atoms with van der Waals surface area (Å²) in [5.41, 5.74) is 1.06. The summed E-state index contributed by atoms with van der Waals surface area (Å²) in [6, 6.07) is 5.17. The normalized spacial score (nSPS) is 13.8. The predicted octanol–water partition coefficient (Wildman–Crippen LogP) is 3.41. The second kappa shape index (κ2) is 5.80. The Hall–Kier alpha value is -1.64. The fraction of sp³-hybridized carbons (Fsp3) is 0.467. The van der Waals surface area contributed by atoms with E-state index in [0.717, 1.165) is 6.42 Å². The Morgan fingerprint density at radius 3 is 2.61 bits per heavy atom. The van der Waals surface area contributed by atoms with E-state index in [1.807, 2.05) is 0 Å². The molecule has 0 aromatic heterocycles. The van der Waals surface area contributed by atoms with Gasteiger partial charge in [-0.25, -0.2) is 0 Å². The van der Waals surface area contributed by atoms with Crippen LogP contribution in [0.2, 0.25) is 0 Å². The van der Waals surface area contributed by atoms with Gasteiger partial charge in [-0.3, -0.25) is 9.59 Å². The summed E-state index contributed by atoms with van der Waals surface area (Å²) < 4.78 is 5.60. The summed E-state index contributed by atoms with van der Waals surface area (Å²) >= 11 is 0. The van der Waals surface area contributed by atoms with Crippen LogP contribution in [0, 0.1) is 0 Å². The highest BCUT2D eigenvalue weighted by molar-refractivity contribution is 6.24. The van der Waals surface area contributed by atoms with E-state index >= 15 is 0 Å². The highest BCUT2D eigenvalue weighted by atomic mass is 16.5. The average molecular weight is 246 g/mol. The van der Waals surface area contributed by atoms with Crippen LogP contribution in [0.25, 0.3) is 0 Å². The van der Waals surface area contributed by atoms with Crippen molar-refractivity contribution in [2.24, 2.45) is 0 Å². The molecule has 0 N–H and O–H groups in total. The van der Waals surface area contributed by atoms with E-state index in [-0.39, 0.29) is 18.0 Å². The molecule has 0 atom stereocenters. The molecule has 1 aliphatic rings. The number of rotatable bonds is 6. The van der Waals surface area contributed by atoms with E-state index < -0.39 is 0 Å². The number of carbonyl (C=O) groups excluding carboxylic acids is 2. The Morgan fingerprint density at radius 2 is 1.83 bits per heavy atom. The summed E-state index contributed by atoms with van der Waals surface area (Å²) in [4.78, 5) is 23.0. The molecule has 0 spiro atoms. The first-order valence-electron chi connectivity index (χ1n) is 6.55. The van der Waals surface area contributed by atoms with E-state index in [9.17, 15) is 9.59 Å². The molecule has 0 saturated heterocycles. The van der Waals surface area contributed by atoms with Crippen LogP contribution < -0.4 is 4.74 Å². The van der Waals surface area contributed by atoms with E-state index in [0.29, 0.717) is 23.5 Å². The summed E-state index contributed by atoms with van der Waals surface area (Å²) in [6.45, 7) is 2.84. The van der Waals surface area contributed by atoms with Crippen LogP contribution in [-0.2, 0) is 0 Å². The fourth-order valence-electron chi connectivity index (χ4n) is 2.14. The third-order valence-corrected chi connectivity index (χ3v) is 3.18. The van der Waals surface area contributed by atoms with Crippen molar-refractivity contribution in [3.05, 3.63) is 29.3 Å². The maximum Gasteiger partial charge on any atom is 0.171 e. The van der Waals surface area contributed by atoms with Crippen LogP contribution in [0.4, 0.5) is 0 Å². The van der Waals surface area contributed by atoms with Crippen molar-refractivity contribution in [2.75, 3.05) is 6.61 Å². The predicted molar refractivity (Wildman–Crippen MR) is 69.4 cm³/mol. The third kappa shape index (κ3) is 2.78. The monoisotopic (exact) mass is 246 g/mol. The van der Waals surface area contributed by atoms with Crippen molar-refractivity contribution >= 4 is 11.6 Å². The van der Waals surface area contributed by atoms with E-state index in [2.05, 4.69) is 6.92 Å². The zero-order valence-corrected chi connectivity index (χ0v) is 10.7. The minimum absolute atomic E-state index is 0.00921. The van der Waals surface area contributed by atoms with Crippen LogP contribution in [0.3, 0.4) is 0 Å². The van der Waals surface area contributed by atoms with Crippen molar-refractivity contribution < 1.29 is 14.3 Å². The smallest absolute Gasteiger partial charge is 0.171 e. The van der Waals surface area contributed by atoms with Crippen molar-refractivity contribution in [3.8, 4) is 5.75 Å². The molecular formula is C15H18O3. The molecule has 96 valence electrons. The third-order valence-electron chi connectivity index (χ3n) is 3.18. The topological polar surface area (TPSA) is 43.4 Å². The van der Waals surface area contributed by atoms with Crippen LogP contribution in [-0.4, -0.2) is 18.2 Å². The van der Waals surface area contributed by atoms with E-state index in [1.165, 1.54) is 19.3 Å². The number of unbranched alkanes of at least 4 members (excludes halogenated alkanes) is 3. The van der Waals surface area contributed by atoms with Gasteiger partial charge in [0.25, 0.3) is 0 Å². The van der Waals surface area contributed by atoms with Gasteiger partial charge in [-0.2, -0.15) is 0 Å². The zero-order chi connectivity index (χ0) is 13.0. The number of hydrogen-bond donors (Lipinski definition) is 0. The second-order valence-corrected chi connectivity index (χ2v) is 4.64. The van der Waals surface area contributed by atoms with E-state index in [4.69, 9.17) is 4.74 Å². The first kappa shape index (κ1) is 12.8. The first-order chi connectivity index (χ1) is 8.72. The molecule has 0 unspecified atom stereocenters. The molecule has 2 rings (SSSR count). The molecular weight excluding hydrogens is 228 g/mol. The van der Waals surface area contributed by atoms with Crippen molar-refractivity contribution in [3.63, 3.8) is 0 Å². The number of ether oxygens (including phenoxy) is 1. The highest BCUT2D eigenvalue weighted by Crippen LogP contribution is 2.26. The quantitative estimate of drug-likeness (QED) is 0.570. The molecule has 0 bridgehead atoms. The molecule has 3 heteroatoms. The van der Waals surface area contributed by atoms with E-state index in [1.54, 1.807) is 18.2 Å². The van der Waals surface area contributed by atoms with Gasteiger partial charge in [-0.15, -0.1) is 0 Å². The average Bonchev–Trinajstić information content (AvgIpc) is 2.65. The number of benzene rings is 1. The number of hydrogen-bond acceptors (Lipinski definition) is 3. The van der Waals surface area contributed by atoms with Gasteiger partial charge in [-0.05, 0) is 24.6 Å². The summed E-state index contributed by atoms with van der Waals surface area (Å²) in [7, 11) is 0. The number of carbonyl (C=O) groups is 2. The largest absolute Gasteiger partial charge is 0.494 e. The van der Waals surface area contributed by atoms with Gasteiger partial charge in [0, 0.05) is 11.1 Å². The maximum absolute atomic E-state index is 11.6. The summed E-state index contributed by atoms with van der Waals surface area (Å²) in [5.74, 6) is 0.518.